The molecule has 0 aromatic heterocycles. The van der Waals surface area contributed by atoms with Gasteiger partial charge in [0.15, 0.2) is 0 Å². The van der Waals surface area contributed by atoms with Crippen molar-refractivity contribution < 1.29 is 14.3 Å². The molecule has 3 N–H and O–H groups in total. The summed E-state index contributed by atoms with van der Waals surface area (Å²) < 4.78 is 5.39. The minimum absolute atomic E-state index is 0.0526. The van der Waals surface area contributed by atoms with Crippen LogP contribution in [0.15, 0.2) is 94.7 Å². The van der Waals surface area contributed by atoms with Gasteiger partial charge in [-0.25, -0.2) is 0 Å². The number of ether oxygens (including phenoxy) is 1. The molecule has 0 saturated heterocycles. The molecule has 0 saturated carbocycles. The summed E-state index contributed by atoms with van der Waals surface area (Å²) in [5, 5.41) is 20.4. The van der Waals surface area contributed by atoms with Crippen molar-refractivity contribution in [2.45, 2.75) is 19.8 Å². The van der Waals surface area contributed by atoms with Gasteiger partial charge in [0.25, 0.3) is 5.91 Å². The lowest BCUT2D eigenvalue weighted by Crippen LogP contribution is -2.31. The molecule has 0 spiro atoms. The van der Waals surface area contributed by atoms with Crippen LogP contribution >= 0.6 is 23.4 Å². The molecule has 2 amide bonds. The summed E-state index contributed by atoms with van der Waals surface area (Å²) in [7, 11) is 1.54. The number of amides is 2. The lowest BCUT2D eigenvalue weighted by Gasteiger charge is -2.30. The lowest BCUT2D eigenvalue weighted by atomic mass is 9.82. The van der Waals surface area contributed by atoms with E-state index in [1.807, 2.05) is 43.3 Å². The summed E-state index contributed by atoms with van der Waals surface area (Å²) in [6.07, 6.45) is 0. The Labute approximate surface area is 236 Å². The Balaban J connectivity index is 1.62. The first-order valence-electron chi connectivity index (χ1n) is 12.1. The molecule has 9 heteroatoms. The molecule has 0 unspecified atom stereocenters. The van der Waals surface area contributed by atoms with Crippen LogP contribution < -0.4 is 20.7 Å². The van der Waals surface area contributed by atoms with Crippen LogP contribution in [0.25, 0.3) is 0 Å². The highest BCUT2D eigenvalue weighted by Crippen LogP contribution is 2.41. The summed E-state index contributed by atoms with van der Waals surface area (Å²) in [5.74, 6) is -0.652. The van der Waals surface area contributed by atoms with Crippen molar-refractivity contribution in [1.29, 1.82) is 5.26 Å². The predicted octanol–water partition coefficient (Wildman–Crippen LogP) is 6.36. The van der Waals surface area contributed by atoms with Crippen LogP contribution in [0.1, 0.15) is 24.0 Å². The number of thioether (sulfide) groups is 1. The average Bonchev–Trinajstić information content (AvgIpc) is 2.94. The van der Waals surface area contributed by atoms with Crippen molar-refractivity contribution in [2.75, 3.05) is 23.5 Å². The molecule has 1 heterocycles. The van der Waals surface area contributed by atoms with E-state index in [9.17, 15) is 14.9 Å². The largest absolute Gasteiger partial charge is 0.495 e. The number of allylic oxidation sites excluding steroid dienone is 2. The Morgan fingerprint density at radius 1 is 1.00 bits per heavy atom. The van der Waals surface area contributed by atoms with Crippen molar-refractivity contribution >= 4 is 46.6 Å². The molecule has 0 bridgehead atoms. The fourth-order valence-corrected chi connectivity index (χ4v) is 5.38. The quantitative estimate of drug-likeness (QED) is 0.297. The van der Waals surface area contributed by atoms with Gasteiger partial charge in [0, 0.05) is 22.0 Å². The first-order valence-corrected chi connectivity index (χ1v) is 13.5. The maximum Gasteiger partial charge on any atom is 0.254 e. The summed E-state index contributed by atoms with van der Waals surface area (Å²) in [4.78, 5) is 26.4. The second-order valence-electron chi connectivity index (χ2n) is 8.77. The second-order valence-corrected chi connectivity index (χ2v) is 10.2. The first kappa shape index (κ1) is 27.8. The molecule has 0 aliphatic carbocycles. The Bertz CT molecular complexity index is 1510. The summed E-state index contributed by atoms with van der Waals surface area (Å²) >= 11 is 7.39. The Morgan fingerprint density at radius 2 is 1.69 bits per heavy atom. The van der Waals surface area contributed by atoms with Crippen molar-refractivity contribution in [1.82, 2.24) is 5.32 Å². The summed E-state index contributed by atoms with van der Waals surface area (Å²) in [5.41, 5.74) is 4.07. The minimum Gasteiger partial charge on any atom is -0.495 e. The number of hydrogen-bond acceptors (Lipinski definition) is 6. The highest BCUT2D eigenvalue weighted by atomic mass is 35.5. The van der Waals surface area contributed by atoms with Crippen molar-refractivity contribution in [3.05, 3.63) is 111 Å². The third-order valence-corrected chi connectivity index (χ3v) is 7.70. The Kier molecular flexibility index (Phi) is 8.97. The van der Waals surface area contributed by atoms with Gasteiger partial charge < -0.3 is 20.7 Å². The zero-order valence-corrected chi connectivity index (χ0v) is 23.2. The number of hydrogen-bond donors (Lipinski definition) is 3. The van der Waals surface area contributed by atoms with Crippen LogP contribution in [0.5, 0.6) is 5.75 Å². The fourth-order valence-electron chi connectivity index (χ4n) is 4.31. The second kappa shape index (κ2) is 12.6. The van der Waals surface area contributed by atoms with Crippen molar-refractivity contribution in [2.24, 2.45) is 0 Å². The maximum absolute atomic E-state index is 13.6. The zero-order valence-electron chi connectivity index (χ0n) is 21.7. The van der Waals surface area contributed by atoms with Gasteiger partial charge >= 0.3 is 0 Å². The van der Waals surface area contributed by atoms with E-state index in [-0.39, 0.29) is 17.6 Å². The normalized spacial score (nSPS) is 14.8. The Hall–Kier alpha value is -4.19. The van der Waals surface area contributed by atoms with Gasteiger partial charge in [0.05, 0.1) is 41.1 Å². The van der Waals surface area contributed by atoms with Crippen LogP contribution in [0.4, 0.5) is 11.4 Å². The number of halogens is 1. The molecule has 1 aliphatic rings. The van der Waals surface area contributed by atoms with Gasteiger partial charge in [-0.2, -0.15) is 5.26 Å². The number of carbonyl (C=O) groups is 2. The number of anilines is 2. The molecule has 1 aliphatic heterocycles. The third-order valence-electron chi connectivity index (χ3n) is 6.27. The SMILES string of the molecule is COc1ccccc1NC(=O)C1=C(C)NC(SCC(=O)Nc2cccc(Cl)c2C)=C(C#N)[C@@H]1c1ccccc1. The molecule has 7 nitrogen and oxygen atoms in total. The topological polar surface area (TPSA) is 103 Å². The molecule has 198 valence electrons. The number of nitriles is 1. The molecular weight excluding hydrogens is 532 g/mol. The number of nitrogens with zero attached hydrogens (tertiary/aromatic N) is 1. The monoisotopic (exact) mass is 558 g/mol. The van der Waals surface area contributed by atoms with Gasteiger partial charge in [0.1, 0.15) is 5.75 Å². The molecule has 4 rings (SSSR count). The molecule has 0 radical (unpaired) electrons. The van der Waals surface area contributed by atoms with Crippen molar-refractivity contribution in [3.8, 4) is 11.8 Å². The van der Waals surface area contributed by atoms with E-state index >= 15 is 0 Å². The minimum atomic E-state index is -0.632. The van der Waals surface area contributed by atoms with Crippen LogP contribution in [0, 0.1) is 18.3 Å². The zero-order chi connectivity index (χ0) is 27.9. The molecule has 1 atom stereocenters. The molecular formula is C30H27ClN4O3S. The fraction of sp³-hybridized carbons (Fsp3) is 0.167. The Morgan fingerprint density at radius 3 is 2.41 bits per heavy atom. The lowest BCUT2D eigenvalue weighted by molar-refractivity contribution is -0.114. The molecule has 3 aromatic carbocycles. The van der Waals surface area contributed by atoms with E-state index in [4.69, 9.17) is 16.3 Å². The van der Waals surface area contributed by atoms with Gasteiger partial charge in [-0.05, 0) is 49.2 Å². The van der Waals surface area contributed by atoms with Crippen LogP contribution in [0.3, 0.4) is 0 Å². The van der Waals surface area contributed by atoms with Crippen LogP contribution in [-0.2, 0) is 9.59 Å². The highest BCUT2D eigenvalue weighted by molar-refractivity contribution is 8.03. The van der Waals surface area contributed by atoms with E-state index < -0.39 is 5.92 Å². The average molecular weight is 559 g/mol. The number of methoxy groups -OCH3 is 1. The number of benzene rings is 3. The molecule has 3 aromatic rings. The van der Waals surface area contributed by atoms with Crippen LogP contribution in [-0.4, -0.2) is 24.7 Å². The van der Waals surface area contributed by atoms with Crippen molar-refractivity contribution in [3.63, 3.8) is 0 Å². The third kappa shape index (κ3) is 6.28. The van der Waals surface area contributed by atoms with Gasteiger partial charge in [-0.1, -0.05) is 71.9 Å². The van der Waals surface area contributed by atoms with E-state index in [1.165, 1.54) is 18.9 Å². The predicted molar refractivity (Wildman–Crippen MR) is 157 cm³/mol. The standard InChI is InChI=1S/C30H27ClN4O3S/c1-18-22(31)12-9-14-23(18)34-26(36)17-39-30-21(16-32)28(20-10-5-4-6-11-20)27(19(2)33-30)29(37)35-24-13-7-8-15-25(24)38-3/h4-15,28,33H,17H2,1-3H3,(H,34,36)(H,35,37)/t28-/m0/s1. The number of dihydropyridines is 1. The number of nitrogens with one attached hydrogen (secondary N) is 3. The van der Waals surface area contributed by atoms with E-state index in [0.29, 0.717) is 44.0 Å². The number of para-hydroxylation sites is 2. The van der Waals surface area contributed by atoms with Gasteiger partial charge in [-0.3, -0.25) is 9.59 Å². The summed E-state index contributed by atoms with van der Waals surface area (Å²) in [6.45, 7) is 3.62. The van der Waals surface area contributed by atoms with Gasteiger partial charge in [-0.15, -0.1) is 0 Å². The number of rotatable bonds is 8. The van der Waals surface area contributed by atoms with E-state index in [1.54, 1.807) is 43.3 Å². The number of carbonyl (C=O) groups excluding carboxylic acids is 2. The van der Waals surface area contributed by atoms with E-state index in [0.717, 1.165) is 11.1 Å². The highest BCUT2D eigenvalue weighted by Gasteiger charge is 2.35. The summed E-state index contributed by atoms with van der Waals surface area (Å²) in [6, 6.07) is 24.1. The van der Waals surface area contributed by atoms with E-state index in [2.05, 4.69) is 22.0 Å². The molecule has 39 heavy (non-hydrogen) atoms. The first-order chi connectivity index (χ1) is 18.8. The smallest absolute Gasteiger partial charge is 0.254 e. The maximum atomic E-state index is 13.6. The molecule has 0 fully saturated rings. The van der Waals surface area contributed by atoms with Gasteiger partial charge in [0.2, 0.25) is 5.91 Å². The van der Waals surface area contributed by atoms with Crippen LogP contribution in [0.2, 0.25) is 5.02 Å².